The van der Waals surface area contributed by atoms with Gasteiger partial charge in [0.2, 0.25) is 0 Å². The van der Waals surface area contributed by atoms with Crippen LogP contribution in [0.3, 0.4) is 0 Å². The third-order valence-corrected chi connectivity index (χ3v) is 14.6. The van der Waals surface area contributed by atoms with Crippen LogP contribution in [-0.4, -0.2) is 24.0 Å². The summed E-state index contributed by atoms with van der Waals surface area (Å²) in [7, 11) is 0. The van der Waals surface area contributed by atoms with E-state index in [0.717, 1.165) is 43.3 Å². The number of nitrogens with zero attached hydrogens (tertiary/aromatic N) is 2. The maximum absolute atomic E-state index is 8.80. The molecule has 2 aromatic heterocycles. The summed E-state index contributed by atoms with van der Waals surface area (Å²) in [4.78, 5) is 9.80. The molecule has 0 fully saturated rings. The van der Waals surface area contributed by atoms with Crippen molar-refractivity contribution >= 4 is 51.0 Å². The first-order valence-electron chi connectivity index (χ1n) is 22.3. The van der Waals surface area contributed by atoms with Crippen molar-refractivity contribution in [2.75, 3.05) is 0 Å². The number of aliphatic imine (C=N–C) groups is 1. The minimum atomic E-state index is -2.36. The fourth-order valence-electron chi connectivity index (χ4n) is 7.78. The van der Waals surface area contributed by atoms with Crippen molar-refractivity contribution in [2.45, 2.75) is 96.7 Å². The molecule has 0 bridgehead atoms. The number of hydrogen-bond donors (Lipinski definition) is 0. The van der Waals surface area contributed by atoms with Gasteiger partial charge in [-0.3, -0.25) is 4.99 Å². The molecular weight excluding hydrogens is 933 g/mol. The van der Waals surface area contributed by atoms with E-state index in [-0.39, 0.29) is 31.6 Å². The molecular formula is C52H56GeIrN2O-2. The summed E-state index contributed by atoms with van der Waals surface area (Å²) in [6.07, 6.45) is 0.303. The van der Waals surface area contributed by atoms with Crippen molar-refractivity contribution in [3.05, 3.63) is 160 Å². The first-order chi connectivity index (χ1) is 28.6. The van der Waals surface area contributed by atoms with Gasteiger partial charge in [-0.1, -0.05) is 93.2 Å². The van der Waals surface area contributed by atoms with Gasteiger partial charge in [0, 0.05) is 31.4 Å². The van der Waals surface area contributed by atoms with Gasteiger partial charge in [0.05, 0.1) is 11.3 Å². The standard InChI is InChI=1S/C32H28NO.C20H28GeN.Ir/c1-19(2)21-13-9-14-22(20(3)4)29(21)30-25-12-5-7-17-27(25)33-31(30)26-16-10-15-24-23-11-6-8-18-28(23)34-32(24)26;1-15-8-10-16(11-9-15)19-12-17(13-20(2,3)4)18(14-22-19)21(5,6)7;/h5-15,17-20,30H,1-4H3;8-10,12,14H,13H2,1-7H3;/q2*-1;/i;1D3,13D2;. The zero-order chi connectivity index (χ0) is 44.2. The summed E-state index contributed by atoms with van der Waals surface area (Å²) in [5.74, 6) is 7.56. The minimum absolute atomic E-state index is 0. The Morgan fingerprint density at radius 2 is 1.54 bits per heavy atom. The van der Waals surface area contributed by atoms with Gasteiger partial charge < -0.3 is 4.42 Å². The molecule has 0 aliphatic carbocycles. The van der Waals surface area contributed by atoms with E-state index < -0.39 is 31.9 Å². The van der Waals surface area contributed by atoms with E-state index in [4.69, 9.17) is 16.3 Å². The molecule has 0 spiro atoms. The second kappa shape index (κ2) is 17.0. The normalized spacial score (nSPS) is 15.8. The van der Waals surface area contributed by atoms with E-state index in [9.17, 15) is 0 Å². The molecule has 1 radical (unpaired) electrons. The van der Waals surface area contributed by atoms with Gasteiger partial charge in [-0.2, -0.15) is 0 Å². The predicted octanol–water partition coefficient (Wildman–Crippen LogP) is 13.9. The number of hydrogen-bond acceptors (Lipinski definition) is 3. The zero-order valence-corrected chi connectivity index (χ0v) is 39.3. The Bertz CT molecular complexity index is 2730. The van der Waals surface area contributed by atoms with Crippen molar-refractivity contribution in [3.8, 4) is 11.3 Å². The average Bonchev–Trinajstić information content (AvgIpc) is 3.78. The minimum Gasteiger partial charge on any atom is 0 e. The number of aryl methyl sites for hydroxylation is 1. The summed E-state index contributed by atoms with van der Waals surface area (Å²) in [6.45, 7) is 12.7. The van der Waals surface area contributed by atoms with Crippen LogP contribution in [0.25, 0.3) is 33.2 Å². The Balaban J connectivity index is 0.000000210. The van der Waals surface area contributed by atoms with Gasteiger partial charge in [0.15, 0.2) is 0 Å². The van der Waals surface area contributed by atoms with Crippen LogP contribution in [0.1, 0.15) is 112 Å². The fourth-order valence-corrected chi connectivity index (χ4v) is 10.7. The molecule has 5 heteroatoms. The van der Waals surface area contributed by atoms with Crippen LogP contribution in [0.4, 0.5) is 5.69 Å². The smallest absolute Gasteiger partial charge is 0 e. The monoisotopic (exact) mass is 996 g/mol. The summed E-state index contributed by atoms with van der Waals surface area (Å²) >= 11 is -2.36. The first kappa shape index (κ1) is 36.0. The Morgan fingerprint density at radius 1 is 0.842 bits per heavy atom. The van der Waals surface area contributed by atoms with E-state index in [1.165, 1.54) is 28.3 Å². The van der Waals surface area contributed by atoms with Crippen molar-refractivity contribution in [1.29, 1.82) is 0 Å². The molecule has 7 aromatic rings. The number of aromatic nitrogens is 1. The third-order valence-electron chi connectivity index (χ3n) is 10.4. The summed E-state index contributed by atoms with van der Waals surface area (Å²) in [6, 6.07) is 40.8. The SMILES string of the molecule is CC(C)c1cccc(C(C)C)c1C1C(c2[c-]ccc3c2oc2ccccc23)=Nc2ccccc21.[2H]C([2H])([2H])c1c[c-]c(-c2cc(C([2H])([2H])C(C)(C)C)[c]([Ge]([CH3])([CH3])[CH3])cn2)cc1.[Ir]. The second-order valence-electron chi connectivity index (χ2n) is 17.6. The molecule has 0 saturated heterocycles. The van der Waals surface area contributed by atoms with E-state index in [0.29, 0.717) is 28.7 Å². The summed E-state index contributed by atoms with van der Waals surface area (Å²) in [5, 5.41) is 2.24. The zero-order valence-electron chi connectivity index (χ0n) is 39.8. The van der Waals surface area contributed by atoms with Crippen LogP contribution in [0.2, 0.25) is 17.3 Å². The molecule has 3 nitrogen and oxygen atoms in total. The van der Waals surface area contributed by atoms with Gasteiger partial charge in [0.25, 0.3) is 0 Å². The van der Waals surface area contributed by atoms with Gasteiger partial charge in [-0.25, -0.2) is 0 Å². The number of benzene rings is 5. The second-order valence-corrected chi connectivity index (χ2v) is 28.1. The maximum atomic E-state index is 8.80. The van der Waals surface area contributed by atoms with E-state index in [1.54, 1.807) is 12.1 Å². The van der Waals surface area contributed by atoms with E-state index in [1.807, 2.05) is 51.2 Å². The number of fused-ring (bicyclic) bond motifs is 4. The van der Waals surface area contributed by atoms with Crippen molar-refractivity contribution in [1.82, 2.24) is 4.98 Å². The molecule has 1 aliphatic rings. The van der Waals surface area contributed by atoms with Crippen LogP contribution in [0.15, 0.2) is 119 Å². The largest absolute Gasteiger partial charge is 0 e. The molecule has 1 atom stereocenters. The average molecular weight is 995 g/mol. The molecule has 0 saturated carbocycles. The Kier molecular flexibility index (Phi) is 10.8. The van der Waals surface area contributed by atoms with Gasteiger partial charge in [0.1, 0.15) is 5.58 Å². The quantitative estimate of drug-likeness (QED) is 0.118. The molecule has 0 amide bonds. The van der Waals surface area contributed by atoms with Gasteiger partial charge in [-0.15, -0.1) is 18.2 Å². The Hall–Kier alpha value is -4.09. The molecule has 1 aliphatic heterocycles. The Morgan fingerprint density at radius 3 is 2.19 bits per heavy atom. The molecule has 1 unspecified atom stereocenters. The molecule has 5 aromatic carbocycles. The molecule has 8 rings (SSSR count). The van der Waals surface area contributed by atoms with Crippen LogP contribution in [0.5, 0.6) is 0 Å². The van der Waals surface area contributed by atoms with Crippen LogP contribution < -0.4 is 4.40 Å². The predicted molar refractivity (Wildman–Crippen MR) is 241 cm³/mol. The van der Waals surface area contributed by atoms with E-state index in [2.05, 4.69) is 123 Å². The molecule has 0 N–H and O–H groups in total. The molecule has 295 valence electrons. The van der Waals surface area contributed by atoms with Crippen LogP contribution >= 0.6 is 0 Å². The number of pyridine rings is 1. The molecule has 57 heavy (non-hydrogen) atoms. The summed E-state index contributed by atoms with van der Waals surface area (Å²) < 4.78 is 47.5. The fraction of sp³-hybridized carbons (Fsp3) is 0.308. The van der Waals surface area contributed by atoms with Crippen molar-refractivity contribution in [2.24, 2.45) is 10.4 Å². The third kappa shape index (κ3) is 8.99. The maximum Gasteiger partial charge on any atom is 0 e. The van der Waals surface area contributed by atoms with E-state index >= 15 is 0 Å². The van der Waals surface area contributed by atoms with Crippen molar-refractivity contribution < 1.29 is 31.4 Å². The molecule has 3 heterocycles. The Labute approximate surface area is 364 Å². The topological polar surface area (TPSA) is 38.4 Å². The number of rotatable bonds is 7. The number of para-hydroxylation sites is 2. The van der Waals surface area contributed by atoms with Gasteiger partial charge in [-0.05, 0) is 51.9 Å². The van der Waals surface area contributed by atoms with Crippen LogP contribution in [0, 0.1) is 24.4 Å². The van der Waals surface area contributed by atoms with Gasteiger partial charge >= 0.3 is 145 Å². The van der Waals surface area contributed by atoms with Crippen LogP contribution in [-0.2, 0) is 26.5 Å². The van der Waals surface area contributed by atoms with Crippen molar-refractivity contribution in [3.63, 3.8) is 0 Å². The summed E-state index contributed by atoms with van der Waals surface area (Å²) in [5.41, 5.74) is 11.9. The first-order valence-corrected chi connectivity index (χ1v) is 27.1. The number of furan rings is 1.